The molecule has 5 nitrogen and oxygen atoms in total. The SMILES string of the molecule is CC(C)N(Cc1ccccc1)C(=O)c1cncc(NCCCN(C)C)c1. The molecule has 2 aromatic rings. The van der Waals surface area contributed by atoms with Gasteiger partial charge in [0.1, 0.15) is 0 Å². The Morgan fingerprint density at radius 1 is 1.15 bits per heavy atom. The van der Waals surface area contributed by atoms with Crippen LogP contribution in [0.5, 0.6) is 0 Å². The van der Waals surface area contributed by atoms with Gasteiger partial charge in [0, 0.05) is 31.5 Å². The predicted octanol–water partition coefficient (Wildman–Crippen LogP) is 3.50. The lowest BCUT2D eigenvalue weighted by Crippen LogP contribution is -2.36. The van der Waals surface area contributed by atoms with Crippen molar-refractivity contribution in [2.75, 3.05) is 32.5 Å². The molecule has 0 fully saturated rings. The first-order valence-corrected chi connectivity index (χ1v) is 9.16. The molecule has 140 valence electrons. The van der Waals surface area contributed by atoms with E-state index < -0.39 is 0 Å². The second-order valence-electron chi connectivity index (χ2n) is 7.06. The highest BCUT2D eigenvalue weighted by molar-refractivity contribution is 5.94. The van der Waals surface area contributed by atoms with Crippen LogP contribution in [-0.2, 0) is 6.54 Å². The minimum atomic E-state index is 0.00768. The molecule has 1 amide bonds. The molecule has 1 N–H and O–H groups in total. The Morgan fingerprint density at radius 2 is 1.88 bits per heavy atom. The summed E-state index contributed by atoms with van der Waals surface area (Å²) in [6.45, 7) is 6.56. The number of pyridine rings is 1. The Kier molecular flexibility index (Phi) is 7.60. The van der Waals surface area contributed by atoms with Gasteiger partial charge >= 0.3 is 0 Å². The predicted molar refractivity (Wildman–Crippen MR) is 107 cm³/mol. The molecule has 26 heavy (non-hydrogen) atoms. The minimum Gasteiger partial charge on any atom is -0.384 e. The van der Waals surface area contributed by atoms with E-state index in [1.54, 1.807) is 12.4 Å². The molecule has 0 radical (unpaired) electrons. The van der Waals surface area contributed by atoms with Gasteiger partial charge in [-0.2, -0.15) is 0 Å². The van der Waals surface area contributed by atoms with Crippen molar-refractivity contribution in [3.8, 4) is 0 Å². The van der Waals surface area contributed by atoms with Crippen LogP contribution in [0.25, 0.3) is 0 Å². The molecule has 0 unspecified atom stereocenters. The van der Waals surface area contributed by atoms with Crippen LogP contribution in [0, 0.1) is 0 Å². The molecule has 0 aliphatic carbocycles. The number of nitrogens with one attached hydrogen (secondary N) is 1. The molecule has 2 rings (SSSR count). The number of hydrogen-bond donors (Lipinski definition) is 1. The van der Waals surface area contributed by atoms with E-state index in [9.17, 15) is 4.79 Å². The highest BCUT2D eigenvalue weighted by Gasteiger charge is 2.19. The molecule has 1 heterocycles. The van der Waals surface area contributed by atoms with Gasteiger partial charge in [-0.1, -0.05) is 30.3 Å². The van der Waals surface area contributed by atoms with Crippen molar-refractivity contribution in [2.45, 2.75) is 32.9 Å². The van der Waals surface area contributed by atoms with Crippen LogP contribution in [-0.4, -0.2) is 53.9 Å². The van der Waals surface area contributed by atoms with Gasteiger partial charge in [0.2, 0.25) is 0 Å². The Morgan fingerprint density at radius 3 is 2.54 bits per heavy atom. The van der Waals surface area contributed by atoms with Crippen LogP contribution >= 0.6 is 0 Å². The molecule has 0 atom stereocenters. The van der Waals surface area contributed by atoms with E-state index in [1.165, 1.54) is 0 Å². The fourth-order valence-electron chi connectivity index (χ4n) is 2.72. The maximum absolute atomic E-state index is 13.0. The van der Waals surface area contributed by atoms with E-state index in [0.29, 0.717) is 12.1 Å². The standard InChI is InChI=1S/C21H30N4O/c1-17(2)25(16-18-9-6-5-7-10-18)21(26)19-13-20(15-22-14-19)23-11-8-12-24(3)4/h5-7,9-10,13-15,17,23H,8,11-12,16H2,1-4H3. The number of nitrogens with zero attached hydrogens (tertiary/aromatic N) is 3. The molecule has 1 aromatic carbocycles. The fraction of sp³-hybridized carbons (Fsp3) is 0.429. The molecule has 0 bridgehead atoms. The molecule has 0 saturated carbocycles. The molecular formula is C21H30N4O. The van der Waals surface area contributed by atoms with Crippen LogP contribution in [0.4, 0.5) is 5.69 Å². The second kappa shape index (κ2) is 9.92. The van der Waals surface area contributed by atoms with Gasteiger partial charge in [-0.15, -0.1) is 0 Å². The first-order valence-electron chi connectivity index (χ1n) is 9.16. The van der Waals surface area contributed by atoms with E-state index in [1.807, 2.05) is 55.1 Å². The van der Waals surface area contributed by atoms with Crippen LogP contribution in [0.3, 0.4) is 0 Å². The van der Waals surface area contributed by atoms with E-state index >= 15 is 0 Å². The lowest BCUT2D eigenvalue weighted by Gasteiger charge is -2.27. The number of amides is 1. The number of anilines is 1. The smallest absolute Gasteiger partial charge is 0.256 e. The summed E-state index contributed by atoms with van der Waals surface area (Å²) in [6, 6.07) is 12.1. The summed E-state index contributed by atoms with van der Waals surface area (Å²) in [5.41, 5.74) is 2.63. The largest absolute Gasteiger partial charge is 0.384 e. The normalized spacial score (nSPS) is 11.0. The average Bonchev–Trinajstić information content (AvgIpc) is 2.63. The highest BCUT2D eigenvalue weighted by Crippen LogP contribution is 2.15. The molecule has 1 aromatic heterocycles. The van der Waals surface area contributed by atoms with Crippen molar-refractivity contribution in [1.29, 1.82) is 0 Å². The highest BCUT2D eigenvalue weighted by atomic mass is 16.2. The number of rotatable bonds is 9. The Balaban J connectivity index is 2.05. The zero-order chi connectivity index (χ0) is 18.9. The molecule has 0 saturated heterocycles. The van der Waals surface area contributed by atoms with Gasteiger partial charge in [0.25, 0.3) is 5.91 Å². The van der Waals surface area contributed by atoms with Crippen molar-refractivity contribution >= 4 is 11.6 Å². The van der Waals surface area contributed by atoms with Gasteiger partial charge in [-0.05, 0) is 52.5 Å². The first kappa shape index (κ1) is 19.9. The van der Waals surface area contributed by atoms with Crippen LogP contribution in [0.2, 0.25) is 0 Å². The summed E-state index contributed by atoms with van der Waals surface area (Å²) < 4.78 is 0. The quantitative estimate of drug-likeness (QED) is 0.700. The van der Waals surface area contributed by atoms with E-state index in [0.717, 1.165) is 30.8 Å². The maximum atomic E-state index is 13.0. The van der Waals surface area contributed by atoms with E-state index in [4.69, 9.17) is 0 Å². The van der Waals surface area contributed by atoms with E-state index in [-0.39, 0.29) is 11.9 Å². The molecule has 0 spiro atoms. The maximum Gasteiger partial charge on any atom is 0.256 e. The van der Waals surface area contributed by atoms with Gasteiger partial charge < -0.3 is 15.1 Å². The van der Waals surface area contributed by atoms with Crippen molar-refractivity contribution in [1.82, 2.24) is 14.8 Å². The zero-order valence-electron chi connectivity index (χ0n) is 16.3. The van der Waals surface area contributed by atoms with Gasteiger partial charge in [0.15, 0.2) is 0 Å². The average molecular weight is 354 g/mol. The van der Waals surface area contributed by atoms with Gasteiger partial charge in [-0.25, -0.2) is 0 Å². The summed E-state index contributed by atoms with van der Waals surface area (Å²) >= 11 is 0. The molecule has 5 heteroatoms. The Hall–Kier alpha value is -2.40. The topological polar surface area (TPSA) is 48.5 Å². The number of carbonyl (C=O) groups excluding carboxylic acids is 1. The summed E-state index contributed by atoms with van der Waals surface area (Å²) in [5.74, 6) is 0.00768. The number of carbonyl (C=O) groups is 1. The number of aromatic nitrogens is 1. The lowest BCUT2D eigenvalue weighted by atomic mass is 10.1. The van der Waals surface area contributed by atoms with Crippen molar-refractivity contribution in [2.24, 2.45) is 0 Å². The summed E-state index contributed by atoms with van der Waals surface area (Å²) in [4.78, 5) is 21.3. The Bertz CT molecular complexity index is 685. The summed E-state index contributed by atoms with van der Waals surface area (Å²) in [6.07, 6.45) is 4.45. The molecule has 0 aliphatic rings. The zero-order valence-corrected chi connectivity index (χ0v) is 16.3. The second-order valence-corrected chi connectivity index (χ2v) is 7.06. The number of hydrogen-bond acceptors (Lipinski definition) is 4. The van der Waals surface area contributed by atoms with Crippen molar-refractivity contribution in [3.05, 3.63) is 59.9 Å². The molecule has 0 aliphatic heterocycles. The minimum absolute atomic E-state index is 0.00768. The first-order chi connectivity index (χ1) is 12.5. The van der Waals surface area contributed by atoms with E-state index in [2.05, 4.69) is 29.3 Å². The Labute approximate surface area is 157 Å². The van der Waals surface area contributed by atoms with Crippen molar-refractivity contribution < 1.29 is 4.79 Å². The third-order valence-corrected chi connectivity index (χ3v) is 4.18. The van der Waals surface area contributed by atoms with Gasteiger partial charge in [-0.3, -0.25) is 9.78 Å². The van der Waals surface area contributed by atoms with Crippen LogP contribution in [0.15, 0.2) is 48.8 Å². The van der Waals surface area contributed by atoms with Crippen LogP contribution in [0.1, 0.15) is 36.2 Å². The van der Waals surface area contributed by atoms with Crippen LogP contribution < -0.4 is 5.32 Å². The summed E-state index contributed by atoms with van der Waals surface area (Å²) in [5, 5.41) is 3.35. The third kappa shape index (κ3) is 6.15. The monoisotopic (exact) mass is 354 g/mol. The van der Waals surface area contributed by atoms with Crippen molar-refractivity contribution in [3.63, 3.8) is 0 Å². The fourth-order valence-corrected chi connectivity index (χ4v) is 2.72. The number of benzene rings is 1. The summed E-state index contributed by atoms with van der Waals surface area (Å²) in [7, 11) is 4.13. The lowest BCUT2D eigenvalue weighted by molar-refractivity contribution is 0.0690. The molecular weight excluding hydrogens is 324 g/mol. The third-order valence-electron chi connectivity index (χ3n) is 4.18. The van der Waals surface area contributed by atoms with Gasteiger partial charge in [0.05, 0.1) is 11.3 Å².